The van der Waals surface area contributed by atoms with Crippen LogP contribution >= 0.6 is 0 Å². The van der Waals surface area contributed by atoms with E-state index in [0.717, 1.165) is 17.8 Å². The van der Waals surface area contributed by atoms with Crippen molar-refractivity contribution in [1.29, 1.82) is 0 Å². The van der Waals surface area contributed by atoms with Crippen molar-refractivity contribution in [2.45, 2.75) is 6.92 Å². The summed E-state index contributed by atoms with van der Waals surface area (Å²) in [5, 5.41) is 7.05. The second-order valence-corrected chi connectivity index (χ2v) is 3.92. The van der Waals surface area contributed by atoms with Gasteiger partial charge in [-0.25, -0.2) is 4.68 Å². The number of carbonyl (C=O) groups is 1. The lowest BCUT2D eigenvalue weighted by atomic mass is 10.2. The Morgan fingerprint density at radius 3 is 2.56 bits per heavy atom. The molecule has 1 fully saturated rings. The Morgan fingerprint density at radius 2 is 2.06 bits per heavy atom. The maximum absolute atomic E-state index is 13.7. The van der Waals surface area contributed by atoms with Gasteiger partial charge in [-0.3, -0.25) is 4.79 Å². The monoisotopic (exact) mass is 226 g/mol. The molecule has 0 atom stereocenters. The van der Waals surface area contributed by atoms with Gasteiger partial charge in [-0.15, -0.1) is 0 Å². The molecule has 16 heavy (non-hydrogen) atoms. The molecule has 2 heterocycles. The van der Waals surface area contributed by atoms with Crippen molar-refractivity contribution in [3.63, 3.8) is 0 Å². The molecule has 5 nitrogen and oxygen atoms in total. The number of nitrogens with zero attached hydrogens (tertiary/aromatic N) is 3. The van der Waals surface area contributed by atoms with E-state index in [1.54, 1.807) is 11.8 Å². The molecule has 0 aliphatic carbocycles. The number of carbonyl (C=O) groups excluding carboxylic acids is 1. The Morgan fingerprint density at radius 1 is 1.44 bits per heavy atom. The van der Waals surface area contributed by atoms with Crippen LogP contribution < -0.4 is 5.32 Å². The number of piperazine rings is 1. The number of halogens is 1. The molecule has 0 aromatic carbocycles. The van der Waals surface area contributed by atoms with E-state index >= 15 is 0 Å². The standard InChI is InChI=1S/C10H15FN4O/c1-7-8(9(11)14(2)13-7)10(16)15-5-3-12-4-6-15/h12H,3-6H2,1-2H3. The third kappa shape index (κ3) is 1.80. The molecule has 0 spiro atoms. The van der Waals surface area contributed by atoms with Crippen molar-refractivity contribution in [3.8, 4) is 0 Å². The lowest BCUT2D eigenvalue weighted by molar-refractivity contribution is 0.0729. The molecule has 0 bridgehead atoms. The number of hydrogen-bond donors (Lipinski definition) is 1. The van der Waals surface area contributed by atoms with Crippen LogP contribution in [-0.2, 0) is 7.05 Å². The summed E-state index contributed by atoms with van der Waals surface area (Å²) >= 11 is 0. The number of aryl methyl sites for hydroxylation is 2. The van der Waals surface area contributed by atoms with Crippen LogP contribution in [0.3, 0.4) is 0 Å². The molecule has 1 saturated heterocycles. The molecule has 1 aromatic heterocycles. The maximum atomic E-state index is 13.7. The van der Waals surface area contributed by atoms with Crippen molar-refractivity contribution in [3.05, 3.63) is 17.2 Å². The molecule has 1 aliphatic heterocycles. The highest BCUT2D eigenvalue weighted by Crippen LogP contribution is 2.14. The summed E-state index contributed by atoms with van der Waals surface area (Å²) in [5.74, 6) is -0.814. The topological polar surface area (TPSA) is 50.2 Å². The van der Waals surface area contributed by atoms with Gasteiger partial charge in [0.25, 0.3) is 5.91 Å². The number of amides is 1. The Bertz CT molecular complexity index is 409. The van der Waals surface area contributed by atoms with Gasteiger partial charge in [0.15, 0.2) is 0 Å². The summed E-state index contributed by atoms with van der Waals surface area (Å²) in [7, 11) is 1.50. The van der Waals surface area contributed by atoms with Crippen LogP contribution in [-0.4, -0.2) is 46.8 Å². The zero-order valence-electron chi connectivity index (χ0n) is 9.46. The number of rotatable bonds is 1. The summed E-state index contributed by atoms with van der Waals surface area (Å²) in [6.07, 6.45) is 0. The van der Waals surface area contributed by atoms with Crippen LogP contribution in [0.5, 0.6) is 0 Å². The highest BCUT2D eigenvalue weighted by molar-refractivity contribution is 5.95. The van der Waals surface area contributed by atoms with Gasteiger partial charge >= 0.3 is 0 Å². The quantitative estimate of drug-likeness (QED) is 0.728. The van der Waals surface area contributed by atoms with Crippen molar-refractivity contribution < 1.29 is 9.18 Å². The van der Waals surface area contributed by atoms with Crippen molar-refractivity contribution in [2.75, 3.05) is 26.2 Å². The number of aromatic nitrogens is 2. The first-order chi connectivity index (χ1) is 7.61. The molecule has 1 amide bonds. The summed E-state index contributed by atoms with van der Waals surface area (Å²) in [4.78, 5) is 13.7. The van der Waals surface area contributed by atoms with Gasteiger partial charge in [0.1, 0.15) is 5.56 Å². The zero-order valence-corrected chi connectivity index (χ0v) is 9.46. The summed E-state index contributed by atoms with van der Waals surface area (Å²) in [5.41, 5.74) is 0.549. The molecule has 0 saturated carbocycles. The molecule has 0 radical (unpaired) electrons. The summed E-state index contributed by atoms with van der Waals surface area (Å²) < 4.78 is 14.8. The van der Waals surface area contributed by atoms with Gasteiger partial charge < -0.3 is 10.2 Å². The fourth-order valence-electron chi connectivity index (χ4n) is 1.90. The minimum Gasteiger partial charge on any atom is -0.336 e. The lowest BCUT2D eigenvalue weighted by Gasteiger charge is -2.27. The number of hydrogen-bond acceptors (Lipinski definition) is 3. The molecule has 1 aromatic rings. The Hall–Kier alpha value is -1.43. The van der Waals surface area contributed by atoms with Gasteiger partial charge in [-0.2, -0.15) is 9.49 Å². The van der Waals surface area contributed by atoms with E-state index in [2.05, 4.69) is 10.4 Å². The first kappa shape index (κ1) is 11.1. The Labute approximate surface area is 93.2 Å². The third-order valence-electron chi connectivity index (χ3n) is 2.77. The molecular weight excluding hydrogens is 211 g/mol. The van der Waals surface area contributed by atoms with E-state index in [1.165, 1.54) is 7.05 Å². The average Bonchev–Trinajstić information content (AvgIpc) is 2.54. The van der Waals surface area contributed by atoms with Gasteiger partial charge in [0, 0.05) is 33.2 Å². The zero-order chi connectivity index (χ0) is 11.7. The largest absolute Gasteiger partial charge is 0.336 e. The fraction of sp³-hybridized carbons (Fsp3) is 0.600. The molecule has 1 N–H and O–H groups in total. The molecule has 2 rings (SSSR count). The van der Waals surface area contributed by atoms with E-state index in [9.17, 15) is 9.18 Å². The van der Waals surface area contributed by atoms with E-state index < -0.39 is 5.95 Å². The third-order valence-corrected chi connectivity index (χ3v) is 2.77. The SMILES string of the molecule is Cc1nn(C)c(F)c1C(=O)N1CCNCC1. The predicted molar refractivity (Wildman–Crippen MR) is 56.7 cm³/mol. The fourth-order valence-corrected chi connectivity index (χ4v) is 1.90. The highest BCUT2D eigenvalue weighted by atomic mass is 19.1. The van der Waals surface area contributed by atoms with Crippen molar-refractivity contribution >= 4 is 5.91 Å². The normalized spacial score (nSPS) is 16.6. The van der Waals surface area contributed by atoms with Crippen LogP contribution in [0, 0.1) is 12.9 Å². The van der Waals surface area contributed by atoms with E-state index in [4.69, 9.17) is 0 Å². The van der Waals surface area contributed by atoms with Crippen molar-refractivity contribution in [1.82, 2.24) is 20.0 Å². The van der Waals surface area contributed by atoms with E-state index in [0.29, 0.717) is 18.8 Å². The lowest BCUT2D eigenvalue weighted by Crippen LogP contribution is -2.46. The van der Waals surface area contributed by atoms with Gasteiger partial charge in [0.2, 0.25) is 5.95 Å². The smallest absolute Gasteiger partial charge is 0.260 e. The summed E-state index contributed by atoms with van der Waals surface area (Å²) in [6, 6.07) is 0. The predicted octanol–water partition coefficient (Wildman–Crippen LogP) is -0.0870. The summed E-state index contributed by atoms with van der Waals surface area (Å²) in [6.45, 7) is 4.40. The second kappa shape index (κ2) is 4.21. The van der Waals surface area contributed by atoms with Crippen LogP contribution in [0.2, 0.25) is 0 Å². The van der Waals surface area contributed by atoms with Gasteiger partial charge in [0.05, 0.1) is 5.69 Å². The minimum atomic E-state index is -0.555. The van der Waals surface area contributed by atoms with Crippen LogP contribution in [0.15, 0.2) is 0 Å². The Balaban J connectivity index is 2.25. The van der Waals surface area contributed by atoms with Gasteiger partial charge in [-0.05, 0) is 6.92 Å². The first-order valence-electron chi connectivity index (χ1n) is 5.30. The molecule has 88 valence electrons. The molecule has 0 unspecified atom stereocenters. The van der Waals surface area contributed by atoms with Gasteiger partial charge in [-0.1, -0.05) is 0 Å². The second-order valence-electron chi connectivity index (χ2n) is 3.92. The maximum Gasteiger partial charge on any atom is 0.260 e. The first-order valence-corrected chi connectivity index (χ1v) is 5.30. The van der Waals surface area contributed by atoms with Crippen molar-refractivity contribution in [2.24, 2.45) is 7.05 Å². The highest BCUT2D eigenvalue weighted by Gasteiger charge is 2.25. The molecule has 1 aliphatic rings. The van der Waals surface area contributed by atoms with E-state index in [1.807, 2.05) is 0 Å². The minimum absolute atomic E-state index is 0.101. The number of nitrogens with one attached hydrogen (secondary N) is 1. The van der Waals surface area contributed by atoms with Crippen LogP contribution in [0.25, 0.3) is 0 Å². The average molecular weight is 226 g/mol. The van der Waals surface area contributed by atoms with Crippen LogP contribution in [0.4, 0.5) is 4.39 Å². The Kier molecular flexibility index (Phi) is 2.91. The molecule has 6 heteroatoms. The van der Waals surface area contributed by atoms with E-state index in [-0.39, 0.29) is 11.5 Å². The van der Waals surface area contributed by atoms with Crippen LogP contribution in [0.1, 0.15) is 16.1 Å². The molecular formula is C10H15FN4O.